The number of hydrogen-bond acceptors (Lipinski definition) is 3. The van der Waals surface area contributed by atoms with Crippen molar-refractivity contribution in [3.63, 3.8) is 0 Å². The van der Waals surface area contributed by atoms with Crippen LogP contribution in [0.1, 0.15) is 17.2 Å². The Morgan fingerprint density at radius 3 is 2.52 bits per heavy atom. The Morgan fingerprint density at radius 2 is 1.80 bits per heavy atom. The molecule has 2 aromatic carbocycles. The van der Waals surface area contributed by atoms with Crippen LogP contribution in [0.4, 0.5) is 0 Å². The zero-order valence-corrected chi connectivity index (χ0v) is 14.2. The van der Waals surface area contributed by atoms with Crippen LogP contribution in [0.3, 0.4) is 0 Å². The minimum Gasteiger partial charge on any atom is -0.479 e. The number of aromatic amines is 1. The summed E-state index contributed by atoms with van der Waals surface area (Å²) in [5, 5.41) is 10.3. The number of carbonyl (C=O) groups is 1. The van der Waals surface area contributed by atoms with Gasteiger partial charge in [-0.25, -0.2) is 4.79 Å². The van der Waals surface area contributed by atoms with Crippen molar-refractivity contribution >= 4 is 24.5 Å². The van der Waals surface area contributed by atoms with Gasteiger partial charge in [-0.15, -0.1) is 0 Å². The predicted octanol–water partition coefficient (Wildman–Crippen LogP) is 3.74. The molecule has 1 heterocycles. The first-order valence-electron chi connectivity index (χ1n) is 7.79. The molecule has 2 unspecified atom stereocenters. The number of rotatable bonds is 7. The van der Waals surface area contributed by atoms with Crippen molar-refractivity contribution < 1.29 is 23.9 Å². The highest BCUT2D eigenvalue weighted by Crippen LogP contribution is 2.47. The van der Waals surface area contributed by atoms with Crippen molar-refractivity contribution in [3.8, 4) is 0 Å². The van der Waals surface area contributed by atoms with Crippen LogP contribution in [0.5, 0.6) is 0 Å². The number of aryl methyl sites for hydroxylation is 1. The third-order valence-corrected chi connectivity index (χ3v) is 5.26. The lowest BCUT2D eigenvalue weighted by atomic mass is 10.1. The Morgan fingerprint density at radius 1 is 1.12 bits per heavy atom. The molecule has 0 amide bonds. The van der Waals surface area contributed by atoms with E-state index in [0.29, 0.717) is 12.0 Å². The molecule has 7 heteroatoms. The van der Waals surface area contributed by atoms with Crippen LogP contribution < -0.4 is 0 Å². The number of carboxylic acids is 1. The average molecular weight is 359 g/mol. The molecule has 0 saturated heterocycles. The lowest BCUT2D eigenvalue weighted by Crippen LogP contribution is -2.15. The molecule has 3 aromatic rings. The van der Waals surface area contributed by atoms with Crippen molar-refractivity contribution in [1.29, 1.82) is 0 Å². The summed E-state index contributed by atoms with van der Waals surface area (Å²) in [5.41, 5.74) is 2.16. The number of carboxylic acid groups (broad SMARTS) is 1. The molecular formula is C18H18NO5P. The van der Waals surface area contributed by atoms with Gasteiger partial charge in [0.1, 0.15) is 0 Å². The van der Waals surface area contributed by atoms with E-state index in [-0.39, 0.29) is 6.16 Å². The maximum absolute atomic E-state index is 12.4. The molecule has 1 aromatic heterocycles. The van der Waals surface area contributed by atoms with E-state index in [2.05, 4.69) is 4.98 Å². The Hall–Kier alpha value is -2.40. The standard InChI is InChI=1S/C18H18NO5P/c20-18(21)17(13-6-2-1-3-7-13)24-25(22,23)11-10-14-12-19-16-9-5-4-8-15(14)16/h1-9,12,17,19H,10-11H2,(H,20,21)(H,22,23). The highest BCUT2D eigenvalue weighted by molar-refractivity contribution is 7.52. The van der Waals surface area contributed by atoms with E-state index in [0.717, 1.165) is 16.5 Å². The Labute approximate surface area is 144 Å². The van der Waals surface area contributed by atoms with Gasteiger partial charge >= 0.3 is 13.6 Å². The summed E-state index contributed by atoms with van der Waals surface area (Å²) in [5.74, 6) is -1.30. The maximum Gasteiger partial charge on any atom is 0.338 e. The summed E-state index contributed by atoms with van der Waals surface area (Å²) in [6.07, 6.45) is 0.459. The fourth-order valence-corrected chi connectivity index (χ4v) is 3.86. The second kappa shape index (κ2) is 7.23. The molecule has 0 bridgehead atoms. The minimum absolute atomic E-state index is 0.161. The van der Waals surface area contributed by atoms with E-state index in [4.69, 9.17) is 4.52 Å². The first-order valence-corrected chi connectivity index (χ1v) is 9.55. The summed E-state index contributed by atoms with van der Waals surface area (Å²) in [7, 11) is -4.08. The molecule has 2 atom stereocenters. The van der Waals surface area contributed by atoms with E-state index in [1.165, 1.54) is 0 Å². The molecule has 0 aliphatic rings. The third-order valence-electron chi connectivity index (χ3n) is 3.94. The molecule has 0 fully saturated rings. The molecule has 6 nitrogen and oxygen atoms in total. The number of fused-ring (bicyclic) bond motifs is 1. The van der Waals surface area contributed by atoms with Gasteiger partial charge in [-0.3, -0.25) is 9.09 Å². The number of aromatic nitrogens is 1. The smallest absolute Gasteiger partial charge is 0.338 e. The number of H-pyrrole nitrogens is 1. The molecule has 25 heavy (non-hydrogen) atoms. The molecule has 3 N–H and O–H groups in total. The number of aliphatic carboxylic acids is 1. The van der Waals surface area contributed by atoms with E-state index >= 15 is 0 Å². The first-order chi connectivity index (χ1) is 12.0. The second-order valence-corrected chi connectivity index (χ2v) is 7.64. The molecule has 0 radical (unpaired) electrons. The number of benzene rings is 2. The van der Waals surface area contributed by atoms with Crippen molar-refractivity contribution in [2.24, 2.45) is 0 Å². The van der Waals surface area contributed by atoms with Gasteiger partial charge in [0.05, 0.1) is 6.16 Å². The molecule has 3 rings (SSSR count). The van der Waals surface area contributed by atoms with Crippen LogP contribution >= 0.6 is 7.60 Å². The van der Waals surface area contributed by atoms with Crippen LogP contribution in [-0.2, 0) is 20.3 Å². The van der Waals surface area contributed by atoms with Crippen LogP contribution in [0, 0.1) is 0 Å². The van der Waals surface area contributed by atoms with Crippen molar-refractivity contribution in [3.05, 3.63) is 71.9 Å². The first kappa shape index (κ1) is 17.4. The van der Waals surface area contributed by atoms with E-state index in [9.17, 15) is 19.4 Å². The fourth-order valence-electron chi connectivity index (χ4n) is 2.69. The van der Waals surface area contributed by atoms with E-state index < -0.39 is 19.7 Å². The predicted molar refractivity (Wildman–Crippen MR) is 94.6 cm³/mol. The summed E-state index contributed by atoms with van der Waals surface area (Å²) in [6, 6.07) is 15.8. The third kappa shape index (κ3) is 4.17. The molecule has 0 aliphatic carbocycles. The lowest BCUT2D eigenvalue weighted by molar-refractivity contribution is -0.145. The molecule has 0 spiro atoms. The summed E-state index contributed by atoms with van der Waals surface area (Å²) in [6.45, 7) is 0. The van der Waals surface area contributed by atoms with Gasteiger partial charge in [0.15, 0.2) is 6.10 Å². The zero-order chi connectivity index (χ0) is 17.9. The Kier molecular flexibility index (Phi) is 5.04. The SMILES string of the molecule is O=C(O)C(OP(=O)(O)CCc1c[nH]c2ccccc12)c1ccccc1. The number of para-hydroxylation sites is 1. The largest absolute Gasteiger partial charge is 0.479 e. The highest BCUT2D eigenvalue weighted by atomic mass is 31.2. The summed E-state index contributed by atoms with van der Waals surface area (Å²) in [4.78, 5) is 24.7. The van der Waals surface area contributed by atoms with Crippen LogP contribution in [-0.4, -0.2) is 27.1 Å². The second-order valence-electron chi connectivity index (χ2n) is 5.70. The average Bonchev–Trinajstić information content (AvgIpc) is 3.02. The highest BCUT2D eigenvalue weighted by Gasteiger charge is 2.30. The van der Waals surface area contributed by atoms with Gasteiger partial charge in [0.25, 0.3) is 0 Å². The van der Waals surface area contributed by atoms with Crippen LogP contribution in [0.15, 0.2) is 60.8 Å². The van der Waals surface area contributed by atoms with Gasteiger partial charge in [-0.05, 0) is 23.6 Å². The van der Waals surface area contributed by atoms with Gasteiger partial charge in [-0.1, -0.05) is 48.5 Å². The monoisotopic (exact) mass is 359 g/mol. The topological polar surface area (TPSA) is 99.6 Å². The quantitative estimate of drug-likeness (QED) is 0.558. The van der Waals surface area contributed by atoms with Crippen molar-refractivity contribution in [1.82, 2.24) is 4.98 Å². The number of nitrogens with one attached hydrogen (secondary N) is 1. The van der Waals surface area contributed by atoms with Crippen molar-refractivity contribution in [2.45, 2.75) is 12.5 Å². The van der Waals surface area contributed by atoms with Crippen LogP contribution in [0.2, 0.25) is 0 Å². The van der Waals surface area contributed by atoms with Gasteiger partial charge in [0, 0.05) is 17.1 Å². The van der Waals surface area contributed by atoms with Gasteiger partial charge in [-0.2, -0.15) is 0 Å². The minimum atomic E-state index is -4.08. The maximum atomic E-state index is 12.4. The van der Waals surface area contributed by atoms with Crippen molar-refractivity contribution in [2.75, 3.05) is 6.16 Å². The van der Waals surface area contributed by atoms with Gasteiger partial charge in [0.2, 0.25) is 0 Å². The number of hydrogen-bond donors (Lipinski definition) is 3. The molecule has 130 valence electrons. The van der Waals surface area contributed by atoms with Gasteiger partial charge < -0.3 is 15.0 Å². The normalized spacial score (nSPS) is 14.9. The van der Waals surface area contributed by atoms with E-state index in [1.54, 1.807) is 36.5 Å². The molecule has 0 saturated carbocycles. The Balaban J connectivity index is 1.72. The van der Waals surface area contributed by atoms with E-state index in [1.807, 2.05) is 24.3 Å². The summed E-state index contributed by atoms with van der Waals surface area (Å²) >= 11 is 0. The zero-order valence-electron chi connectivity index (χ0n) is 13.3. The Bertz CT molecular complexity index is 921. The summed E-state index contributed by atoms with van der Waals surface area (Å²) < 4.78 is 17.5. The lowest BCUT2D eigenvalue weighted by Gasteiger charge is -2.18. The molecule has 0 aliphatic heterocycles. The molecular weight excluding hydrogens is 341 g/mol. The fraction of sp³-hybridized carbons (Fsp3) is 0.167. The van der Waals surface area contributed by atoms with Crippen LogP contribution in [0.25, 0.3) is 10.9 Å².